The zero-order valence-electron chi connectivity index (χ0n) is 11.6. The van der Waals surface area contributed by atoms with Crippen molar-refractivity contribution in [3.63, 3.8) is 0 Å². The van der Waals surface area contributed by atoms with E-state index in [1.807, 2.05) is 37.4 Å². The lowest BCUT2D eigenvalue weighted by Crippen LogP contribution is -2.21. The Morgan fingerprint density at radius 2 is 2.10 bits per heavy atom. The highest BCUT2D eigenvalue weighted by molar-refractivity contribution is 7.10. The van der Waals surface area contributed by atoms with Gasteiger partial charge in [0.25, 0.3) is 0 Å². The number of rotatable bonds is 2. The number of aliphatic hydroxyl groups is 1. The largest absolute Gasteiger partial charge is 0.383 e. The molecule has 104 valence electrons. The molecular formula is C16H17NO2S. The summed E-state index contributed by atoms with van der Waals surface area (Å²) in [6.45, 7) is 4.01. The van der Waals surface area contributed by atoms with E-state index in [4.69, 9.17) is 0 Å². The normalized spacial score (nSPS) is 15.7. The van der Waals surface area contributed by atoms with Crippen molar-refractivity contribution in [2.45, 2.75) is 32.8 Å². The lowest BCUT2D eigenvalue weighted by molar-refractivity contribution is -0.116. The summed E-state index contributed by atoms with van der Waals surface area (Å²) in [4.78, 5) is 12.5. The number of hydrogen-bond acceptors (Lipinski definition) is 3. The van der Waals surface area contributed by atoms with Gasteiger partial charge in [-0.25, -0.2) is 0 Å². The second kappa shape index (κ2) is 5.04. The fourth-order valence-corrected chi connectivity index (χ4v) is 3.45. The molecule has 2 N–H and O–H groups in total. The first kappa shape index (κ1) is 13.3. The molecule has 20 heavy (non-hydrogen) atoms. The summed E-state index contributed by atoms with van der Waals surface area (Å²) < 4.78 is 0. The van der Waals surface area contributed by atoms with Crippen LogP contribution in [-0.2, 0) is 11.2 Å². The minimum Gasteiger partial charge on any atom is -0.383 e. The monoisotopic (exact) mass is 287 g/mol. The number of hydrogen-bond donors (Lipinski definition) is 2. The molecule has 1 aliphatic heterocycles. The Bertz CT molecular complexity index is 662. The van der Waals surface area contributed by atoms with Gasteiger partial charge < -0.3 is 10.4 Å². The summed E-state index contributed by atoms with van der Waals surface area (Å²) in [5.41, 5.74) is 5.10. The number of carbonyl (C=O) groups is 1. The lowest BCUT2D eigenvalue weighted by atomic mass is 9.90. The maximum Gasteiger partial charge on any atom is 0.224 e. The highest BCUT2D eigenvalue weighted by Crippen LogP contribution is 2.36. The van der Waals surface area contributed by atoms with Crippen molar-refractivity contribution in [2.24, 2.45) is 0 Å². The summed E-state index contributed by atoms with van der Waals surface area (Å²) in [5.74, 6) is 0.0755. The molecule has 1 amide bonds. The average molecular weight is 287 g/mol. The SMILES string of the molecule is Cc1c(C(O)c2cccs2)cc2c(c1C)NC(=O)CC2. The number of anilines is 1. The summed E-state index contributed by atoms with van der Waals surface area (Å²) in [7, 11) is 0. The Morgan fingerprint density at radius 1 is 1.30 bits per heavy atom. The first-order valence-corrected chi connectivity index (χ1v) is 7.60. The average Bonchev–Trinajstić information content (AvgIpc) is 2.97. The van der Waals surface area contributed by atoms with Crippen LogP contribution in [0.1, 0.15) is 39.7 Å². The third kappa shape index (κ3) is 2.15. The number of aryl methyl sites for hydroxylation is 1. The molecule has 3 rings (SSSR count). The second-order valence-corrected chi connectivity index (χ2v) is 6.20. The summed E-state index contributed by atoms with van der Waals surface area (Å²) in [6.07, 6.45) is 0.674. The van der Waals surface area contributed by atoms with Crippen molar-refractivity contribution in [1.82, 2.24) is 0 Å². The van der Waals surface area contributed by atoms with Gasteiger partial charge in [0.05, 0.1) is 0 Å². The van der Waals surface area contributed by atoms with Crippen LogP contribution in [0.4, 0.5) is 5.69 Å². The van der Waals surface area contributed by atoms with E-state index in [2.05, 4.69) is 5.32 Å². The summed E-state index contributed by atoms with van der Waals surface area (Å²) in [5, 5.41) is 15.5. The van der Waals surface area contributed by atoms with Crippen molar-refractivity contribution in [3.05, 3.63) is 50.7 Å². The van der Waals surface area contributed by atoms with E-state index in [9.17, 15) is 9.90 Å². The van der Waals surface area contributed by atoms with Crippen LogP contribution in [0.25, 0.3) is 0 Å². The van der Waals surface area contributed by atoms with Crippen LogP contribution in [0.15, 0.2) is 23.6 Å². The molecule has 2 heterocycles. The number of aliphatic hydroxyl groups excluding tert-OH is 1. The third-order valence-electron chi connectivity index (χ3n) is 4.01. The van der Waals surface area contributed by atoms with Gasteiger partial charge in [-0.1, -0.05) is 12.1 Å². The molecule has 0 aliphatic carbocycles. The Kier molecular flexibility index (Phi) is 3.36. The fourth-order valence-electron chi connectivity index (χ4n) is 2.72. The molecule has 0 spiro atoms. The van der Waals surface area contributed by atoms with E-state index in [1.165, 1.54) is 0 Å². The van der Waals surface area contributed by atoms with Crippen LogP contribution < -0.4 is 5.32 Å². The van der Waals surface area contributed by atoms with Crippen LogP contribution >= 0.6 is 11.3 Å². The molecule has 0 saturated heterocycles. The van der Waals surface area contributed by atoms with Gasteiger partial charge in [0.15, 0.2) is 0 Å². The van der Waals surface area contributed by atoms with Crippen LogP contribution in [-0.4, -0.2) is 11.0 Å². The van der Waals surface area contributed by atoms with Crippen molar-refractivity contribution < 1.29 is 9.90 Å². The van der Waals surface area contributed by atoms with Crippen molar-refractivity contribution >= 4 is 22.9 Å². The standard InChI is InChI=1S/C16H17NO2S/c1-9-10(2)15-11(5-6-14(18)17-15)8-12(9)16(19)13-4-3-7-20-13/h3-4,7-8,16,19H,5-6H2,1-2H3,(H,17,18). The summed E-state index contributed by atoms with van der Waals surface area (Å²) >= 11 is 1.56. The number of benzene rings is 1. The van der Waals surface area contributed by atoms with Gasteiger partial charge in [-0.2, -0.15) is 0 Å². The van der Waals surface area contributed by atoms with Gasteiger partial charge in [-0.05, 0) is 54.0 Å². The number of nitrogens with one attached hydrogen (secondary N) is 1. The van der Waals surface area contributed by atoms with Gasteiger partial charge in [-0.3, -0.25) is 4.79 Å². The molecular weight excluding hydrogens is 270 g/mol. The third-order valence-corrected chi connectivity index (χ3v) is 4.94. The minimum absolute atomic E-state index is 0.0755. The number of amides is 1. The van der Waals surface area contributed by atoms with E-state index in [0.717, 1.165) is 39.2 Å². The molecule has 0 saturated carbocycles. The number of carbonyl (C=O) groups excluding carboxylic acids is 1. The molecule has 1 unspecified atom stereocenters. The quantitative estimate of drug-likeness (QED) is 0.890. The van der Waals surface area contributed by atoms with Crippen molar-refractivity contribution in [2.75, 3.05) is 5.32 Å². The maximum absolute atomic E-state index is 11.5. The predicted octanol–water partition coefficient (Wildman–Crippen LogP) is 3.33. The highest BCUT2D eigenvalue weighted by Gasteiger charge is 2.23. The molecule has 1 atom stereocenters. The molecule has 1 aliphatic rings. The topological polar surface area (TPSA) is 49.3 Å². The van der Waals surface area contributed by atoms with Crippen LogP contribution in [0.3, 0.4) is 0 Å². The fraction of sp³-hybridized carbons (Fsp3) is 0.312. The minimum atomic E-state index is -0.586. The molecule has 0 radical (unpaired) electrons. The first-order chi connectivity index (χ1) is 9.58. The van der Waals surface area contributed by atoms with E-state index < -0.39 is 6.10 Å². The van der Waals surface area contributed by atoms with Gasteiger partial charge >= 0.3 is 0 Å². The molecule has 4 heteroatoms. The Hall–Kier alpha value is -1.65. The second-order valence-electron chi connectivity index (χ2n) is 5.22. The summed E-state index contributed by atoms with van der Waals surface area (Å²) in [6, 6.07) is 5.94. The van der Waals surface area contributed by atoms with Crippen molar-refractivity contribution in [1.29, 1.82) is 0 Å². The maximum atomic E-state index is 11.5. The first-order valence-electron chi connectivity index (χ1n) is 6.72. The van der Waals surface area contributed by atoms with Gasteiger partial charge in [-0.15, -0.1) is 11.3 Å². The van der Waals surface area contributed by atoms with Crippen molar-refractivity contribution in [3.8, 4) is 0 Å². The molecule has 1 aromatic heterocycles. The van der Waals surface area contributed by atoms with Gasteiger partial charge in [0.2, 0.25) is 5.91 Å². The zero-order valence-corrected chi connectivity index (χ0v) is 12.4. The van der Waals surface area contributed by atoms with Crippen LogP contribution in [0.2, 0.25) is 0 Å². The van der Waals surface area contributed by atoms with E-state index >= 15 is 0 Å². The molecule has 0 bridgehead atoms. The lowest BCUT2D eigenvalue weighted by Gasteiger charge is -2.24. The zero-order chi connectivity index (χ0) is 14.3. The Morgan fingerprint density at radius 3 is 2.80 bits per heavy atom. The molecule has 3 nitrogen and oxygen atoms in total. The van der Waals surface area contributed by atoms with Gasteiger partial charge in [0.1, 0.15) is 6.10 Å². The van der Waals surface area contributed by atoms with Gasteiger partial charge in [0, 0.05) is 17.0 Å². The van der Waals surface area contributed by atoms with E-state index in [1.54, 1.807) is 11.3 Å². The van der Waals surface area contributed by atoms with Crippen LogP contribution in [0, 0.1) is 13.8 Å². The number of fused-ring (bicyclic) bond motifs is 1. The predicted molar refractivity (Wildman–Crippen MR) is 81.2 cm³/mol. The molecule has 1 aromatic carbocycles. The number of thiophene rings is 1. The van der Waals surface area contributed by atoms with Crippen LogP contribution in [0.5, 0.6) is 0 Å². The Balaban J connectivity index is 2.09. The van der Waals surface area contributed by atoms with E-state index in [0.29, 0.717) is 6.42 Å². The highest BCUT2D eigenvalue weighted by atomic mass is 32.1. The van der Waals surface area contributed by atoms with E-state index in [-0.39, 0.29) is 5.91 Å². The Labute approximate surface area is 122 Å². The molecule has 2 aromatic rings. The molecule has 0 fully saturated rings. The smallest absolute Gasteiger partial charge is 0.224 e.